The fourth-order valence-corrected chi connectivity index (χ4v) is 2.02. The smallest absolute Gasteiger partial charge is 0.120 e. The van der Waals surface area contributed by atoms with E-state index in [9.17, 15) is 0 Å². The van der Waals surface area contributed by atoms with Gasteiger partial charge in [-0.3, -0.25) is 0 Å². The largest absolute Gasteiger partial charge is 0.416 e. The van der Waals surface area contributed by atoms with Gasteiger partial charge >= 0.3 is 0 Å². The minimum atomic E-state index is -0.0370. The number of anilines is 1. The summed E-state index contributed by atoms with van der Waals surface area (Å²) in [5.41, 5.74) is 1.28. The van der Waals surface area contributed by atoms with Crippen molar-refractivity contribution in [1.29, 1.82) is 0 Å². The lowest BCUT2D eigenvalue weighted by Gasteiger charge is -2.02. The van der Waals surface area contributed by atoms with Gasteiger partial charge in [0.1, 0.15) is 9.68 Å². The molecule has 0 fully saturated rings. The average molecular weight is 165 g/mol. The maximum atomic E-state index is 3.48. The zero-order chi connectivity index (χ0) is 7.94. The van der Waals surface area contributed by atoms with Crippen molar-refractivity contribution >= 4 is 15.4 Å². The molecule has 0 aliphatic rings. The van der Waals surface area contributed by atoms with Crippen LogP contribution in [-0.2, 0) is 0 Å². The number of hydrogen-bond acceptors (Lipinski definition) is 1. The zero-order valence-electron chi connectivity index (χ0n) is 7.01. The van der Waals surface area contributed by atoms with Gasteiger partial charge in [-0.2, -0.15) is 0 Å². The summed E-state index contributed by atoms with van der Waals surface area (Å²) >= 11 is 0. The van der Waals surface area contributed by atoms with E-state index < -0.39 is 0 Å². The molecule has 1 nitrogen and oxygen atoms in total. The molecule has 0 spiro atoms. The van der Waals surface area contributed by atoms with Gasteiger partial charge < -0.3 is 4.98 Å². The predicted molar refractivity (Wildman–Crippen MR) is 53.7 cm³/mol. The van der Waals surface area contributed by atoms with Crippen LogP contribution in [0.1, 0.15) is 13.3 Å². The Kier molecular flexibility index (Phi) is 3.76. The van der Waals surface area contributed by atoms with Gasteiger partial charge in [0.05, 0.1) is 0 Å². The van der Waals surface area contributed by atoms with E-state index in [0.29, 0.717) is 0 Å². The Bertz CT molecular complexity index is 186. The van der Waals surface area contributed by atoms with Crippen molar-refractivity contribution in [3.8, 4) is 0 Å². The van der Waals surface area contributed by atoms with Gasteiger partial charge in [-0.05, 0) is 18.2 Å². The van der Waals surface area contributed by atoms with Crippen molar-refractivity contribution in [2.75, 3.05) is 4.98 Å². The maximum Gasteiger partial charge on any atom is 0.120 e. The lowest BCUT2D eigenvalue weighted by Crippen LogP contribution is -2.04. The summed E-state index contributed by atoms with van der Waals surface area (Å²) in [7, 11) is -0.0370. The second-order valence-electron chi connectivity index (χ2n) is 2.65. The van der Waals surface area contributed by atoms with E-state index in [1.807, 2.05) is 6.07 Å². The number of rotatable bonds is 4. The first-order valence-corrected chi connectivity index (χ1v) is 5.93. The first kappa shape index (κ1) is 8.33. The molecule has 0 aliphatic heterocycles. The first-order valence-electron chi connectivity index (χ1n) is 4.22. The lowest BCUT2D eigenvalue weighted by molar-refractivity contribution is 1.07. The molecule has 60 valence electrons. The van der Waals surface area contributed by atoms with Gasteiger partial charge in [0.15, 0.2) is 0 Å². The van der Waals surface area contributed by atoms with Crippen molar-refractivity contribution < 1.29 is 0 Å². The Balaban J connectivity index is 2.28. The van der Waals surface area contributed by atoms with E-state index in [-0.39, 0.29) is 9.68 Å². The van der Waals surface area contributed by atoms with Crippen molar-refractivity contribution in [2.24, 2.45) is 0 Å². The second kappa shape index (κ2) is 4.96. The normalized spacial score (nSPS) is 10.6. The van der Waals surface area contributed by atoms with Crippen molar-refractivity contribution in [3.05, 3.63) is 30.3 Å². The summed E-state index contributed by atoms with van der Waals surface area (Å²) in [5.74, 6) is 0. The maximum absolute atomic E-state index is 3.48. The Morgan fingerprint density at radius 3 is 2.64 bits per heavy atom. The summed E-state index contributed by atoms with van der Waals surface area (Å²) in [6.07, 6.45) is 1.31. The molecule has 1 rings (SSSR count). The van der Waals surface area contributed by atoms with Gasteiger partial charge in [0.25, 0.3) is 0 Å². The molecule has 2 heteroatoms. The number of para-hydroxylation sites is 1. The number of hydrogen-bond donors (Lipinski definition) is 1. The van der Waals surface area contributed by atoms with E-state index in [2.05, 4.69) is 36.2 Å². The molecule has 0 aromatic heterocycles. The molecule has 0 unspecified atom stereocenters. The van der Waals surface area contributed by atoms with Gasteiger partial charge in [0.2, 0.25) is 0 Å². The van der Waals surface area contributed by atoms with Crippen molar-refractivity contribution in [3.63, 3.8) is 0 Å². The molecule has 1 aromatic carbocycles. The highest BCUT2D eigenvalue weighted by molar-refractivity contribution is 6.40. The standard InChI is InChI=1S/C9H15NSi/c1-2-8-11-10-9-6-4-3-5-7-9/h3-7,10H,2,8,11H2,1H3. The van der Waals surface area contributed by atoms with Crippen molar-refractivity contribution in [2.45, 2.75) is 19.4 Å². The summed E-state index contributed by atoms with van der Waals surface area (Å²) < 4.78 is 0. The minimum Gasteiger partial charge on any atom is -0.416 e. The molecule has 0 bridgehead atoms. The zero-order valence-corrected chi connectivity index (χ0v) is 8.42. The molecule has 0 heterocycles. The minimum absolute atomic E-state index is 0.0370. The van der Waals surface area contributed by atoms with Crippen LogP contribution in [0, 0.1) is 0 Å². The van der Waals surface area contributed by atoms with Crippen LogP contribution in [0.3, 0.4) is 0 Å². The average Bonchev–Trinajstić information content (AvgIpc) is 2.07. The molecule has 0 radical (unpaired) electrons. The van der Waals surface area contributed by atoms with Crippen LogP contribution in [-0.4, -0.2) is 9.68 Å². The van der Waals surface area contributed by atoms with Crippen molar-refractivity contribution in [1.82, 2.24) is 0 Å². The predicted octanol–water partition coefficient (Wildman–Crippen LogP) is 2.01. The summed E-state index contributed by atoms with van der Waals surface area (Å²) in [5, 5.41) is 0. The fraction of sp³-hybridized carbons (Fsp3) is 0.333. The van der Waals surface area contributed by atoms with E-state index in [1.54, 1.807) is 0 Å². The van der Waals surface area contributed by atoms with Crippen LogP contribution in [0.5, 0.6) is 0 Å². The molecule has 1 aromatic rings. The third kappa shape index (κ3) is 3.23. The molecular formula is C9H15NSi. The molecular weight excluding hydrogens is 150 g/mol. The molecule has 1 N–H and O–H groups in total. The highest BCUT2D eigenvalue weighted by atomic mass is 28.2. The van der Waals surface area contributed by atoms with Crippen LogP contribution in [0.25, 0.3) is 0 Å². The quantitative estimate of drug-likeness (QED) is 0.531. The third-order valence-corrected chi connectivity index (χ3v) is 3.35. The molecule has 0 saturated heterocycles. The number of benzene rings is 1. The Morgan fingerprint density at radius 2 is 2.00 bits per heavy atom. The van der Waals surface area contributed by atoms with Gasteiger partial charge in [-0.1, -0.05) is 31.5 Å². The first-order chi connectivity index (χ1) is 5.43. The Morgan fingerprint density at radius 1 is 1.27 bits per heavy atom. The van der Waals surface area contributed by atoms with E-state index in [1.165, 1.54) is 18.2 Å². The lowest BCUT2D eigenvalue weighted by atomic mass is 10.3. The Hall–Kier alpha value is -0.763. The van der Waals surface area contributed by atoms with E-state index in [4.69, 9.17) is 0 Å². The monoisotopic (exact) mass is 165 g/mol. The van der Waals surface area contributed by atoms with Crippen LogP contribution in [0.15, 0.2) is 30.3 Å². The van der Waals surface area contributed by atoms with Crippen LogP contribution >= 0.6 is 0 Å². The molecule has 0 amide bonds. The topological polar surface area (TPSA) is 12.0 Å². The van der Waals surface area contributed by atoms with E-state index in [0.717, 1.165) is 0 Å². The molecule has 0 saturated carbocycles. The van der Waals surface area contributed by atoms with Crippen LogP contribution in [0.4, 0.5) is 5.69 Å². The summed E-state index contributed by atoms with van der Waals surface area (Å²) in [6, 6.07) is 11.8. The highest BCUT2D eigenvalue weighted by Crippen LogP contribution is 2.03. The number of nitrogens with one attached hydrogen (secondary N) is 1. The van der Waals surface area contributed by atoms with Gasteiger partial charge in [-0.15, -0.1) is 0 Å². The molecule has 0 aliphatic carbocycles. The molecule has 11 heavy (non-hydrogen) atoms. The van der Waals surface area contributed by atoms with Gasteiger partial charge in [0, 0.05) is 5.69 Å². The Labute approximate surface area is 70.7 Å². The van der Waals surface area contributed by atoms with Gasteiger partial charge in [-0.25, -0.2) is 0 Å². The van der Waals surface area contributed by atoms with Crippen LogP contribution in [0.2, 0.25) is 6.04 Å². The SMILES string of the molecule is CCC[SiH2]Nc1ccccc1. The van der Waals surface area contributed by atoms with E-state index >= 15 is 0 Å². The summed E-state index contributed by atoms with van der Waals surface area (Å²) in [4.78, 5) is 3.48. The fourth-order valence-electron chi connectivity index (χ4n) is 0.966. The second-order valence-corrected chi connectivity index (χ2v) is 4.21. The summed E-state index contributed by atoms with van der Waals surface area (Å²) in [6.45, 7) is 2.24. The molecule has 0 atom stereocenters. The third-order valence-electron chi connectivity index (χ3n) is 1.63. The highest BCUT2D eigenvalue weighted by Gasteiger charge is 1.87. The van der Waals surface area contributed by atoms with Crippen LogP contribution < -0.4 is 4.98 Å².